The van der Waals surface area contributed by atoms with Crippen LogP contribution in [0.1, 0.15) is 6.42 Å². The predicted octanol–water partition coefficient (Wildman–Crippen LogP) is 2.90. The molecule has 2 atom stereocenters. The molecule has 0 aliphatic carbocycles. The average molecular weight is 362 g/mol. The minimum Gasteiger partial charge on any atom is -0.612 e. The molecule has 1 heterocycles. The highest BCUT2D eigenvalue weighted by Crippen LogP contribution is 2.30. The second-order valence-electron chi connectivity index (χ2n) is 5.84. The molecule has 0 radical (unpaired) electrons. The minimum absolute atomic E-state index is 0.261. The van der Waals surface area contributed by atoms with Crippen LogP contribution in [0.25, 0.3) is 11.1 Å². The van der Waals surface area contributed by atoms with Crippen LogP contribution in [0.4, 0.5) is 14.9 Å². The van der Waals surface area contributed by atoms with Crippen LogP contribution < -0.4 is 10.6 Å². The molecule has 1 unspecified atom stereocenters. The largest absolute Gasteiger partial charge is 0.612 e. The number of amides is 1. The van der Waals surface area contributed by atoms with Gasteiger partial charge in [0.05, 0.1) is 12.2 Å². The number of hydrogen-bond acceptors (Lipinski definition) is 4. The molecule has 1 aliphatic rings. The number of carbonyl (C=O) groups excluding carboxylic acids is 1. The third-order valence-electron chi connectivity index (χ3n) is 4.12. The quantitative estimate of drug-likeness (QED) is 0.830. The van der Waals surface area contributed by atoms with Crippen LogP contribution >= 0.6 is 0 Å². The van der Waals surface area contributed by atoms with E-state index in [2.05, 4.69) is 0 Å². The van der Waals surface area contributed by atoms with Crippen molar-refractivity contribution in [2.24, 2.45) is 5.73 Å². The van der Waals surface area contributed by atoms with E-state index in [4.69, 9.17) is 10.5 Å². The lowest BCUT2D eigenvalue weighted by molar-refractivity contribution is 0.138. The molecule has 1 aliphatic heterocycles. The highest BCUT2D eigenvalue weighted by molar-refractivity contribution is 7.90. The molecule has 0 aromatic heterocycles. The summed E-state index contributed by atoms with van der Waals surface area (Å²) in [7, 11) is 0. The maximum Gasteiger partial charge on any atom is 0.414 e. The molecule has 2 aromatic rings. The zero-order valence-electron chi connectivity index (χ0n) is 13.8. The second-order valence-corrected chi connectivity index (χ2v) is 7.22. The Hall–Kier alpha value is -2.09. The Morgan fingerprint density at radius 3 is 2.64 bits per heavy atom. The van der Waals surface area contributed by atoms with Crippen molar-refractivity contribution in [1.29, 1.82) is 0 Å². The fraction of sp³-hybridized carbons (Fsp3) is 0.278. The first-order valence-corrected chi connectivity index (χ1v) is 9.47. The smallest absolute Gasteiger partial charge is 0.414 e. The van der Waals surface area contributed by atoms with E-state index in [1.165, 1.54) is 11.0 Å². The summed E-state index contributed by atoms with van der Waals surface area (Å²) in [4.78, 5) is 14.0. The van der Waals surface area contributed by atoms with Gasteiger partial charge in [-0.1, -0.05) is 0 Å². The van der Waals surface area contributed by atoms with Crippen molar-refractivity contribution in [2.45, 2.75) is 17.4 Å². The number of nitrogens with zero attached hydrogens (tertiary/aromatic N) is 1. The van der Waals surface area contributed by atoms with Gasteiger partial charge in [-0.3, -0.25) is 4.90 Å². The van der Waals surface area contributed by atoms with E-state index in [-0.39, 0.29) is 6.10 Å². The van der Waals surface area contributed by atoms with Gasteiger partial charge in [0.1, 0.15) is 18.2 Å². The molecule has 2 aromatic carbocycles. The van der Waals surface area contributed by atoms with E-state index < -0.39 is 23.1 Å². The van der Waals surface area contributed by atoms with Crippen LogP contribution in [0.3, 0.4) is 0 Å². The highest BCUT2D eigenvalue weighted by atomic mass is 32.2. The highest BCUT2D eigenvalue weighted by Gasteiger charge is 2.32. The average Bonchev–Trinajstić information content (AvgIpc) is 2.96. The van der Waals surface area contributed by atoms with Crippen molar-refractivity contribution in [3.63, 3.8) is 0 Å². The van der Waals surface area contributed by atoms with Gasteiger partial charge in [0.15, 0.2) is 4.90 Å². The van der Waals surface area contributed by atoms with Crippen molar-refractivity contribution in [2.75, 3.05) is 24.2 Å². The maximum absolute atomic E-state index is 14.6. The van der Waals surface area contributed by atoms with E-state index in [1.807, 2.05) is 0 Å². The van der Waals surface area contributed by atoms with Gasteiger partial charge in [-0.2, -0.15) is 0 Å². The van der Waals surface area contributed by atoms with Gasteiger partial charge in [-0.25, -0.2) is 9.18 Å². The Kier molecular flexibility index (Phi) is 5.27. The molecule has 0 bridgehead atoms. The molecule has 1 fully saturated rings. The number of nitrogens with two attached hydrogens (primary N) is 1. The van der Waals surface area contributed by atoms with Crippen molar-refractivity contribution >= 4 is 23.0 Å². The maximum atomic E-state index is 14.6. The molecule has 132 valence electrons. The SMILES string of the molecule is C[S+]([O-])c1ccc(-c2ccc(N3C[C@H](CCN)OC3=O)cc2F)cc1. The molecular formula is C18H19FN2O3S. The summed E-state index contributed by atoms with van der Waals surface area (Å²) < 4.78 is 31.2. The second kappa shape index (κ2) is 7.43. The first kappa shape index (κ1) is 17.7. The monoisotopic (exact) mass is 362 g/mol. The number of ether oxygens (including phenoxy) is 1. The van der Waals surface area contributed by atoms with Crippen LogP contribution in [0.5, 0.6) is 0 Å². The first-order chi connectivity index (χ1) is 12.0. The fourth-order valence-corrected chi connectivity index (χ4v) is 3.32. The van der Waals surface area contributed by atoms with Crippen molar-refractivity contribution in [3.8, 4) is 11.1 Å². The summed E-state index contributed by atoms with van der Waals surface area (Å²) in [6.07, 6.45) is 1.42. The zero-order valence-corrected chi connectivity index (χ0v) is 14.6. The van der Waals surface area contributed by atoms with E-state index in [9.17, 15) is 13.7 Å². The van der Waals surface area contributed by atoms with Crippen molar-refractivity contribution < 1.29 is 18.5 Å². The molecule has 0 spiro atoms. The number of halogens is 1. The molecular weight excluding hydrogens is 343 g/mol. The first-order valence-electron chi connectivity index (χ1n) is 7.91. The standard InChI is InChI=1S/C18H19FN2O3S/c1-25(23)15-5-2-12(3-6-15)16-7-4-13(10-17(16)19)21-11-14(8-9-20)24-18(21)22/h2-7,10,14H,8-9,11,20H2,1H3/t14-,25?/m0/s1. The van der Waals surface area contributed by atoms with Gasteiger partial charge < -0.3 is 15.0 Å². The number of benzene rings is 2. The molecule has 7 heteroatoms. The number of anilines is 1. The normalized spacial score (nSPS) is 18.3. The van der Waals surface area contributed by atoms with Crippen LogP contribution in [-0.2, 0) is 15.9 Å². The summed E-state index contributed by atoms with van der Waals surface area (Å²) in [5.41, 5.74) is 7.05. The van der Waals surface area contributed by atoms with Gasteiger partial charge in [0.25, 0.3) is 0 Å². The summed E-state index contributed by atoms with van der Waals surface area (Å²) in [6, 6.07) is 11.5. The lowest BCUT2D eigenvalue weighted by Crippen LogP contribution is -2.25. The Bertz CT molecular complexity index is 767. The van der Waals surface area contributed by atoms with Crippen molar-refractivity contribution in [1.82, 2.24) is 0 Å². The lowest BCUT2D eigenvalue weighted by Gasteiger charge is -2.14. The Labute approximate surface area is 148 Å². The van der Waals surface area contributed by atoms with Crippen molar-refractivity contribution in [3.05, 3.63) is 48.3 Å². The molecule has 1 saturated heterocycles. The van der Waals surface area contributed by atoms with Gasteiger partial charge >= 0.3 is 6.09 Å². The number of cyclic esters (lactones) is 1. The van der Waals surface area contributed by atoms with Crippen LogP contribution in [-0.4, -0.2) is 36.1 Å². The van der Waals surface area contributed by atoms with Gasteiger partial charge in [0, 0.05) is 5.56 Å². The summed E-state index contributed by atoms with van der Waals surface area (Å²) in [5, 5.41) is 0. The number of hydrogen-bond donors (Lipinski definition) is 1. The Morgan fingerprint density at radius 1 is 1.32 bits per heavy atom. The van der Waals surface area contributed by atoms with Crippen LogP contribution in [0.15, 0.2) is 47.4 Å². The molecule has 5 nitrogen and oxygen atoms in total. The third kappa shape index (κ3) is 3.78. The molecule has 0 saturated carbocycles. The Balaban J connectivity index is 1.82. The van der Waals surface area contributed by atoms with E-state index in [0.29, 0.717) is 41.2 Å². The number of rotatable bonds is 5. The van der Waals surface area contributed by atoms with Crippen LogP contribution in [0.2, 0.25) is 0 Å². The summed E-state index contributed by atoms with van der Waals surface area (Å²) >= 11 is -1.07. The minimum atomic E-state index is -1.07. The van der Waals surface area contributed by atoms with Crippen LogP contribution in [0, 0.1) is 5.82 Å². The van der Waals surface area contributed by atoms with E-state index >= 15 is 0 Å². The lowest BCUT2D eigenvalue weighted by atomic mass is 10.0. The Morgan fingerprint density at radius 2 is 2.04 bits per heavy atom. The van der Waals surface area contributed by atoms with Gasteiger partial charge in [0.2, 0.25) is 0 Å². The number of carbonyl (C=O) groups is 1. The molecule has 2 N–H and O–H groups in total. The summed E-state index contributed by atoms with van der Waals surface area (Å²) in [5.74, 6) is -0.432. The van der Waals surface area contributed by atoms with E-state index in [1.54, 1.807) is 42.7 Å². The van der Waals surface area contributed by atoms with Gasteiger partial charge in [-0.05, 0) is 72.2 Å². The third-order valence-corrected chi connectivity index (χ3v) is 5.06. The molecule has 3 rings (SSSR count). The molecule has 1 amide bonds. The zero-order chi connectivity index (χ0) is 18.0. The van der Waals surface area contributed by atoms with E-state index in [0.717, 1.165) is 0 Å². The molecule has 25 heavy (non-hydrogen) atoms. The predicted molar refractivity (Wildman–Crippen MR) is 95.5 cm³/mol. The topological polar surface area (TPSA) is 78.6 Å². The fourth-order valence-electron chi connectivity index (χ4n) is 2.80. The van der Waals surface area contributed by atoms with Gasteiger partial charge in [-0.15, -0.1) is 0 Å². The summed E-state index contributed by atoms with van der Waals surface area (Å²) in [6.45, 7) is 0.795.